The van der Waals surface area contributed by atoms with Gasteiger partial charge in [-0.2, -0.15) is 4.98 Å². The molecule has 22 heavy (non-hydrogen) atoms. The van der Waals surface area contributed by atoms with Gasteiger partial charge in [-0.05, 0) is 6.42 Å². The molecule has 0 unspecified atom stereocenters. The molecule has 0 spiro atoms. The number of H-pyrrole nitrogens is 1. The van der Waals surface area contributed by atoms with Crippen LogP contribution in [0.2, 0.25) is 0 Å². The zero-order valence-electron chi connectivity index (χ0n) is 12.7. The van der Waals surface area contributed by atoms with Crippen LogP contribution in [0.15, 0.2) is 4.79 Å². The number of aromatic nitrogens is 4. The number of fused-ring (bicyclic) bond motifs is 1. The summed E-state index contributed by atoms with van der Waals surface area (Å²) >= 11 is 0. The van der Waals surface area contributed by atoms with Crippen LogP contribution in [0.3, 0.4) is 0 Å². The number of nitrogens with zero attached hydrogens (tertiary/aromatic N) is 3. The number of anilines is 2. The normalized spacial score (nSPS) is 10.8. The lowest BCUT2D eigenvalue weighted by molar-refractivity contribution is 0.186. The number of hydrogen-bond donors (Lipinski definition) is 3. The van der Waals surface area contributed by atoms with Crippen molar-refractivity contribution < 1.29 is 9.53 Å². The molecule has 0 radical (unpaired) electrons. The molecule has 0 bridgehead atoms. The molecule has 9 nitrogen and oxygen atoms in total. The van der Waals surface area contributed by atoms with Crippen molar-refractivity contribution in [2.24, 2.45) is 0 Å². The van der Waals surface area contributed by atoms with Crippen molar-refractivity contribution in [1.29, 1.82) is 0 Å². The first-order valence-electron chi connectivity index (χ1n) is 7.17. The maximum absolute atomic E-state index is 11.9. The Labute approximate surface area is 126 Å². The lowest BCUT2D eigenvalue weighted by atomic mass is 10.2. The molecule has 1 amide bonds. The van der Waals surface area contributed by atoms with Gasteiger partial charge >= 0.3 is 6.09 Å². The number of imidazole rings is 1. The molecule has 2 heterocycles. The fourth-order valence-corrected chi connectivity index (χ4v) is 2.17. The number of unbranched alkanes of at least 4 members (excludes halogenated alkanes) is 3. The van der Waals surface area contributed by atoms with Crippen LogP contribution >= 0.6 is 0 Å². The van der Waals surface area contributed by atoms with Crippen molar-refractivity contribution in [3.05, 3.63) is 10.4 Å². The number of methoxy groups -OCH3 is 1. The van der Waals surface area contributed by atoms with E-state index in [1.165, 1.54) is 7.11 Å². The second kappa shape index (κ2) is 6.92. The predicted molar refractivity (Wildman–Crippen MR) is 82.7 cm³/mol. The Hall–Kier alpha value is -2.58. The molecule has 0 atom stereocenters. The number of nitrogen functional groups attached to an aromatic ring is 1. The van der Waals surface area contributed by atoms with Crippen LogP contribution in [-0.2, 0) is 11.3 Å². The van der Waals surface area contributed by atoms with Crippen LogP contribution in [0.5, 0.6) is 0 Å². The molecule has 0 saturated carbocycles. The predicted octanol–water partition coefficient (Wildman–Crippen LogP) is 1.46. The number of aryl methyl sites for hydroxylation is 1. The largest absolute Gasteiger partial charge is 0.453 e. The molecular weight excluding hydrogens is 288 g/mol. The molecule has 0 saturated heterocycles. The Morgan fingerprint density at radius 3 is 2.82 bits per heavy atom. The van der Waals surface area contributed by atoms with E-state index in [-0.39, 0.29) is 17.4 Å². The highest BCUT2D eigenvalue weighted by atomic mass is 16.5. The fraction of sp³-hybridized carbons (Fsp3) is 0.538. The van der Waals surface area contributed by atoms with Gasteiger partial charge in [0.15, 0.2) is 11.2 Å². The Morgan fingerprint density at radius 1 is 1.36 bits per heavy atom. The number of carbonyl (C=O) groups excluding carboxylic acids is 1. The number of ether oxygens (including phenoxy) is 1. The number of rotatable bonds is 6. The fourth-order valence-electron chi connectivity index (χ4n) is 2.17. The van der Waals surface area contributed by atoms with E-state index in [0.717, 1.165) is 25.7 Å². The van der Waals surface area contributed by atoms with E-state index in [4.69, 9.17) is 5.73 Å². The summed E-state index contributed by atoms with van der Waals surface area (Å²) in [4.78, 5) is 34.0. The van der Waals surface area contributed by atoms with Crippen LogP contribution < -0.4 is 16.6 Å². The number of nitrogens with one attached hydrogen (secondary N) is 2. The Bertz CT molecular complexity index is 720. The maximum atomic E-state index is 11.9. The van der Waals surface area contributed by atoms with Crippen molar-refractivity contribution in [3.8, 4) is 0 Å². The van der Waals surface area contributed by atoms with E-state index in [1.54, 1.807) is 4.57 Å². The molecule has 120 valence electrons. The van der Waals surface area contributed by atoms with Gasteiger partial charge in [-0.3, -0.25) is 19.7 Å². The minimum absolute atomic E-state index is 0.0110. The van der Waals surface area contributed by atoms with Gasteiger partial charge < -0.3 is 10.5 Å². The van der Waals surface area contributed by atoms with Crippen LogP contribution in [0, 0.1) is 0 Å². The molecule has 0 aliphatic heterocycles. The monoisotopic (exact) mass is 308 g/mol. The molecular formula is C13H20N6O3. The van der Waals surface area contributed by atoms with E-state index >= 15 is 0 Å². The van der Waals surface area contributed by atoms with Crippen LogP contribution in [0.25, 0.3) is 11.2 Å². The summed E-state index contributed by atoms with van der Waals surface area (Å²) in [5.74, 6) is 0.235. The molecule has 0 fully saturated rings. The second-order valence-electron chi connectivity index (χ2n) is 4.89. The summed E-state index contributed by atoms with van der Waals surface area (Å²) in [5.41, 5.74) is 5.63. The molecule has 2 aromatic rings. The topological polar surface area (TPSA) is 128 Å². The summed E-state index contributed by atoms with van der Waals surface area (Å²) in [5, 5.41) is 2.49. The van der Waals surface area contributed by atoms with Gasteiger partial charge in [-0.1, -0.05) is 26.2 Å². The van der Waals surface area contributed by atoms with Crippen molar-refractivity contribution in [2.45, 2.75) is 39.2 Å². The van der Waals surface area contributed by atoms with Gasteiger partial charge in [0.05, 0.1) is 7.11 Å². The Kier molecular flexibility index (Phi) is 4.97. The summed E-state index contributed by atoms with van der Waals surface area (Å²) in [6.45, 7) is 2.70. The molecule has 0 aliphatic rings. The molecule has 9 heteroatoms. The zero-order chi connectivity index (χ0) is 16.1. The first-order valence-corrected chi connectivity index (χ1v) is 7.17. The van der Waals surface area contributed by atoms with Crippen LogP contribution in [-0.4, -0.2) is 32.7 Å². The Morgan fingerprint density at radius 2 is 2.14 bits per heavy atom. The minimum Gasteiger partial charge on any atom is -0.453 e. The highest BCUT2D eigenvalue weighted by Crippen LogP contribution is 2.17. The lowest BCUT2D eigenvalue weighted by Crippen LogP contribution is -2.16. The minimum atomic E-state index is -0.658. The van der Waals surface area contributed by atoms with Gasteiger partial charge in [-0.15, -0.1) is 0 Å². The third kappa shape index (κ3) is 3.35. The van der Waals surface area contributed by atoms with Crippen LogP contribution in [0.4, 0.5) is 16.7 Å². The smallest absolute Gasteiger partial charge is 0.413 e. The van der Waals surface area contributed by atoms with E-state index in [9.17, 15) is 9.59 Å². The summed E-state index contributed by atoms with van der Waals surface area (Å²) in [6.07, 6.45) is 3.48. The first kappa shape index (κ1) is 15.8. The third-order valence-corrected chi connectivity index (χ3v) is 3.26. The van der Waals surface area contributed by atoms with Crippen molar-refractivity contribution in [3.63, 3.8) is 0 Å². The van der Waals surface area contributed by atoms with Crippen molar-refractivity contribution in [1.82, 2.24) is 19.5 Å². The number of aromatic amines is 1. The van der Waals surface area contributed by atoms with E-state index < -0.39 is 11.7 Å². The number of amides is 1. The van der Waals surface area contributed by atoms with Gasteiger partial charge in [0, 0.05) is 6.54 Å². The average Bonchev–Trinajstić information content (AvgIpc) is 2.81. The maximum Gasteiger partial charge on any atom is 0.413 e. The van der Waals surface area contributed by atoms with Gasteiger partial charge in [-0.25, -0.2) is 9.78 Å². The highest BCUT2D eigenvalue weighted by Gasteiger charge is 2.17. The summed E-state index contributed by atoms with van der Waals surface area (Å²) < 4.78 is 6.24. The molecule has 2 aromatic heterocycles. The highest BCUT2D eigenvalue weighted by molar-refractivity contribution is 5.85. The average molecular weight is 308 g/mol. The molecule has 2 rings (SSSR count). The number of carbonyl (C=O) groups is 1. The van der Waals surface area contributed by atoms with Gasteiger partial charge in [0.25, 0.3) is 5.56 Å². The second-order valence-corrected chi connectivity index (χ2v) is 4.89. The van der Waals surface area contributed by atoms with E-state index in [1.807, 2.05) is 0 Å². The molecule has 0 aromatic carbocycles. The van der Waals surface area contributed by atoms with Gasteiger partial charge in [0.2, 0.25) is 11.9 Å². The molecule has 4 N–H and O–H groups in total. The standard InChI is InChI=1S/C13H20N6O3/c1-3-4-5-6-7-19-9-8(10(20)17-11(14)16-9)15-12(19)18-13(21)22-2/h3-7H2,1-2H3,(H,15,18,21)(H3,14,16,17,20). The summed E-state index contributed by atoms with van der Waals surface area (Å²) in [7, 11) is 1.26. The van der Waals surface area contributed by atoms with Gasteiger partial charge in [0.1, 0.15) is 0 Å². The number of nitrogens with two attached hydrogens (primary N) is 1. The first-order chi connectivity index (χ1) is 10.6. The van der Waals surface area contributed by atoms with E-state index in [0.29, 0.717) is 12.2 Å². The van der Waals surface area contributed by atoms with Crippen molar-refractivity contribution in [2.75, 3.05) is 18.2 Å². The van der Waals surface area contributed by atoms with E-state index in [2.05, 4.69) is 31.9 Å². The summed E-state index contributed by atoms with van der Waals surface area (Å²) in [6, 6.07) is 0. The Balaban J connectivity index is 2.40. The van der Waals surface area contributed by atoms with Crippen molar-refractivity contribution >= 4 is 29.2 Å². The lowest BCUT2D eigenvalue weighted by Gasteiger charge is -2.08. The SMILES string of the molecule is CCCCCCn1c(NC(=O)OC)nc2c(=O)[nH]c(N)nc21. The quantitative estimate of drug-likeness (QED) is 0.693. The number of hydrogen-bond acceptors (Lipinski definition) is 6. The molecule has 0 aliphatic carbocycles. The zero-order valence-corrected chi connectivity index (χ0v) is 12.7. The third-order valence-electron chi connectivity index (χ3n) is 3.26. The van der Waals surface area contributed by atoms with Crippen LogP contribution in [0.1, 0.15) is 32.6 Å².